The van der Waals surface area contributed by atoms with E-state index in [9.17, 15) is 14.9 Å². The van der Waals surface area contributed by atoms with Gasteiger partial charge in [0.1, 0.15) is 11.4 Å². The maximum absolute atomic E-state index is 11.7. The van der Waals surface area contributed by atoms with Gasteiger partial charge in [0.05, 0.1) is 46.1 Å². The third-order valence-electron chi connectivity index (χ3n) is 4.24. The minimum absolute atomic E-state index is 0.0976. The highest BCUT2D eigenvalue weighted by Crippen LogP contribution is 2.42. The van der Waals surface area contributed by atoms with Crippen LogP contribution in [0.3, 0.4) is 0 Å². The number of carbonyl (C=O) groups is 1. The Morgan fingerprint density at radius 2 is 2.09 bits per heavy atom. The van der Waals surface area contributed by atoms with Gasteiger partial charge in [-0.2, -0.15) is 5.26 Å². The lowest BCUT2D eigenvalue weighted by Gasteiger charge is -2.22. The Kier molecular flexibility index (Phi) is 9.04. The lowest BCUT2D eigenvalue weighted by Crippen LogP contribution is -2.19. The molecule has 2 aromatic carbocycles. The number of hydrogen-bond acceptors (Lipinski definition) is 11. The highest BCUT2D eigenvalue weighted by molar-refractivity contribution is 9.10. The van der Waals surface area contributed by atoms with Crippen molar-refractivity contribution >= 4 is 56.0 Å². The van der Waals surface area contributed by atoms with Crippen LogP contribution in [0.4, 0.5) is 34.1 Å². The molecular weight excluding hydrogens is 502 g/mol. The molecule has 33 heavy (non-hydrogen) atoms. The van der Waals surface area contributed by atoms with Crippen LogP contribution in [-0.2, 0) is 9.78 Å². The number of carbonyl (C=O) groups excluding carboxylic acids is 1. The highest BCUT2D eigenvalue weighted by Gasteiger charge is 2.20. The second-order valence-corrected chi connectivity index (χ2v) is 7.38. The fraction of sp³-hybridized carbons (Fsp3) is 0.263. The van der Waals surface area contributed by atoms with Crippen LogP contribution in [0.5, 0.6) is 5.75 Å². The monoisotopic (exact) mass is 521 g/mol. The van der Waals surface area contributed by atoms with Crippen molar-refractivity contribution in [1.29, 1.82) is 5.26 Å². The maximum atomic E-state index is 11.7. The average molecular weight is 522 g/mol. The van der Waals surface area contributed by atoms with Gasteiger partial charge in [-0.25, -0.2) is 10.7 Å². The molecule has 0 spiro atoms. The van der Waals surface area contributed by atoms with Crippen molar-refractivity contribution in [3.8, 4) is 11.8 Å². The van der Waals surface area contributed by atoms with Crippen molar-refractivity contribution in [3.63, 3.8) is 0 Å². The van der Waals surface area contributed by atoms with Crippen molar-refractivity contribution in [3.05, 3.63) is 38.9 Å². The Hall–Kier alpha value is -3.80. The van der Waals surface area contributed by atoms with Crippen LogP contribution in [0, 0.1) is 21.4 Å². The summed E-state index contributed by atoms with van der Waals surface area (Å²) in [7, 11) is 3.21. The van der Waals surface area contributed by atoms with Gasteiger partial charge in [-0.15, -0.1) is 15.2 Å². The second kappa shape index (κ2) is 11.7. The number of benzene rings is 2. The number of ether oxygens (including phenoxy) is 1. The number of nitro benzene ring substituents is 1. The van der Waals surface area contributed by atoms with Gasteiger partial charge < -0.3 is 15.0 Å². The molecule has 2 aromatic rings. The van der Waals surface area contributed by atoms with Crippen LogP contribution in [0.15, 0.2) is 39.0 Å². The molecule has 0 saturated carbocycles. The summed E-state index contributed by atoms with van der Waals surface area (Å²) in [5, 5.41) is 39.6. The molecule has 0 atom stereocenters. The normalized spacial score (nSPS) is 10.5. The summed E-state index contributed by atoms with van der Waals surface area (Å²) in [6.45, 7) is 1.74. The van der Waals surface area contributed by atoms with Gasteiger partial charge in [-0.3, -0.25) is 14.9 Å². The number of rotatable bonds is 10. The molecule has 13 nitrogen and oxygen atoms in total. The molecule has 0 heterocycles. The quantitative estimate of drug-likeness (QED) is 0.169. The van der Waals surface area contributed by atoms with Crippen molar-refractivity contribution in [2.45, 2.75) is 13.3 Å². The summed E-state index contributed by atoms with van der Waals surface area (Å²) in [5.74, 6) is 0.0283. The van der Waals surface area contributed by atoms with Crippen molar-refractivity contribution in [2.24, 2.45) is 10.2 Å². The second-order valence-electron chi connectivity index (χ2n) is 6.53. The van der Waals surface area contributed by atoms with E-state index in [4.69, 9.17) is 15.3 Å². The summed E-state index contributed by atoms with van der Waals surface area (Å²) in [5.41, 5.74) is 2.72. The number of hydrogen-bond donors (Lipinski definition) is 3. The first kappa shape index (κ1) is 25.5. The van der Waals surface area contributed by atoms with Gasteiger partial charge in [0.2, 0.25) is 5.91 Å². The molecule has 0 aliphatic carbocycles. The van der Waals surface area contributed by atoms with Gasteiger partial charge in [0.25, 0.3) is 5.69 Å². The molecule has 0 bridgehead atoms. The van der Waals surface area contributed by atoms with E-state index in [0.29, 0.717) is 18.0 Å². The van der Waals surface area contributed by atoms with E-state index in [1.54, 1.807) is 18.0 Å². The van der Waals surface area contributed by atoms with E-state index >= 15 is 0 Å². The zero-order chi connectivity index (χ0) is 24.5. The molecule has 0 aromatic heterocycles. The van der Waals surface area contributed by atoms with Crippen molar-refractivity contribution in [1.82, 2.24) is 0 Å². The molecule has 174 valence electrons. The van der Waals surface area contributed by atoms with Gasteiger partial charge in [0.15, 0.2) is 5.69 Å². The zero-order valence-corrected chi connectivity index (χ0v) is 19.4. The largest absolute Gasteiger partial charge is 0.494 e. The van der Waals surface area contributed by atoms with E-state index in [-0.39, 0.29) is 39.6 Å². The summed E-state index contributed by atoms with van der Waals surface area (Å²) >= 11 is 3.19. The lowest BCUT2D eigenvalue weighted by molar-refractivity contribution is -0.384. The zero-order valence-electron chi connectivity index (χ0n) is 17.8. The molecule has 0 aliphatic heterocycles. The third-order valence-corrected chi connectivity index (χ3v) is 4.84. The molecule has 0 saturated heterocycles. The Morgan fingerprint density at radius 3 is 2.67 bits per heavy atom. The van der Waals surface area contributed by atoms with Gasteiger partial charge in [0, 0.05) is 32.6 Å². The van der Waals surface area contributed by atoms with Gasteiger partial charge >= 0.3 is 0 Å². The molecule has 0 fully saturated rings. The fourth-order valence-electron chi connectivity index (χ4n) is 2.77. The number of amides is 1. The summed E-state index contributed by atoms with van der Waals surface area (Å²) in [6, 6.07) is 7.68. The first-order valence-electron chi connectivity index (χ1n) is 9.25. The van der Waals surface area contributed by atoms with E-state index in [1.165, 1.54) is 26.2 Å². The first-order chi connectivity index (χ1) is 15.7. The number of nitrogens with one attached hydrogen (secondary N) is 2. The Morgan fingerprint density at radius 1 is 1.36 bits per heavy atom. The molecule has 14 heteroatoms. The SMILES string of the molecule is COc1cc(N=Nc2c(Br)cc(NOO)cc2[N+](=O)[O-])c(NC(C)=O)cc1N(C)CCC#N. The number of azo groups is 1. The van der Waals surface area contributed by atoms with E-state index in [2.05, 4.69) is 48.0 Å². The molecule has 2 rings (SSSR count). The Labute approximate surface area is 196 Å². The highest BCUT2D eigenvalue weighted by atomic mass is 79.9. The van der Waals surface area contributed by atoms with Crippen molar-refractivity contribution < 1.29 is 24.7 Å². The van der Waals surface area contributed by atoms with Crippen LogP contribution in [0.2, 0.25) is 0 Å². The predicted octanol–water partition coefficient (Wildman–Crippen LogP) is 4.91. The number of anilines is 3. The number of nitro groups is 1. The van der Waals surface area contributed by atoms with Crippen LogP contribution in [0.25, 0.3) is 0 Å². The smallest absolute Gasteiger partial charge is 0.300 e. The molecule has 3 N–H and O–H groups in total. The molecule has 0 aliphatic rings. The van der Waals surface area contributed by atoms with Crippen LogP contribution in [0.1, 0.15) is 13.3 Å². The van der Waals surface area contributed by atoms with E-state index in [1.807, 2.05) is 0 Å². The predicted molar refractivity (Wildman–Crippen MR) is 123 cm³/mol. The number of methoxy groups -OCH3 is 1. The van der Waals surface area contributed by atoms with Crippen LogP contribution < -0.4 is 20.4 Å². The number of nitrogens with zero attached hydrogens (tertiary/aromatic N) is 5. The van der Waals surface area contributed by atoms with Crippen LogP contribution in [-0.4, -0.2) is 36.8 Å². The van der Waals surface area contributed by atoms with Crippen molar-refractivity contribution in [2.75, 3.05) is 36.4 Å². The molecule has 0 unspecified atom stereocenters. The maximum Gasteiger partial charge on any atom is 0.300 e. The number of halogens is 1. The average Bonchev–Trinajstić information content (AvgIpc) is 2.76. The summed E-state index contributed by atoms with van der Waals surface area (Å²) < 4.78 is 5.62. The number of nitriles is 1. The summed E-state index contributed by atoms with van der Waals surface area (Å²) in [6.07, 6.45) is 0.278. The molecular formula is C19H20BrN7O6. The Bertz CT molecular complexity index is 1120. The topological polar surface area (TPSA) is 175 Å². The molecule has 0 radical (unpaired) electrons. The standard InChI is InChI=1S/C19H20BrN7O6/c1-11(28)22-14-9-16(26(2)6-4-5-21)18(32-3)10-15(14)23-24-19-13(20)7-12(25-33-31)8-17(19)27(29)30/h7-10,25,31H,4,6H2,1-3H3,(H,22,28). The van der Waals surface area contributed by atoms with Gasteiger partial charge in [-0.05, 0) is 28.1 Å². The summed E-state index contributed by atoms with van der Waals surface area (Å²) in [4.78, 5) is 28.1. The fourth-order valence-corrected chi connectivity index (χ4v) is 3.30. The van der Waals surface area contributed by atoms with Gasteiger partial charge in [-0.1, -0.05) is 0 Å². The minimum Gasteiger partial charge on any atom is -0.494 e. The minimum atomic E-state index is -0.676. The Balaban J connectivity index is 2.59. The third kappa shape index (κ3) is 6.59. The van der Waals surface area contributed by atoms with Crippen LogP contribution >= 0.6 is 15.9 Å². The van der Waals surface area contributed by atoms with E-state index < -0.39 is 10.6 Å². The lowest BCUT2D eigenvalue weighted by atomic mass is 10.2. The first-order valence-corrected chi connectivity index (χ1v) is 10.0. The molecule has 1 amide bonds. The van der Waals surface area contributed by atoms with E-state index in [0.717, 1.165) is 6.07 Å².